The molecule has 0 saturated carbocycles. The zero-order valence-corrected chi connectivity index (χ0v) is 23.9. The first-order valence-electron chi connectivity index (χ1n) is 13.2. The third-order valence-electron chi connectivity index (χ3n) is 6.74. The highest BCUT2D eigenvalue weighted by Gasteiger charge is 2.73. The number of aliphatic imine (C=N–C) groups is 1. The van der Waals surface area contributed by atoms with Gasteiger partial charge in [0.1, 0.15) is 0 Å². The quantitative estimate of drug-likeness (QED) is 0.111. The fraction of sp³-hybridized carbons (Fsp3) is 0.300. The second kappa shape index (κ2) is 13.3. The van der Waals surface area contributed by atoms with Crippen LogP contribution in [0.2, 0.25) is 0 Å². The number of guanidine groups is 1. The van der Waals surface area contributed by atoms with E-state index in [1.807, 2.05) is 0 Å². The summed E-state index contributed by atoms with van der Waals surface area (Å²) in [5.74, 6) is -0.895. The predicted octanol–water partition coefficient (Wildman–Crippen LogP) is 6.42. The lowest BCUT2D eigenvalue weighted by molar-refractivity contribution is -0.348. The maximum Gasteiger partial charge on any atom is 0.435 e. The van der Waals surface area contributed by atoms with E-state index in [1.54, 1.807) is 36.4 Å². The standard InChI is InChI=1S/C30H30F7N5O2/c1-18-15-22(28(31,29(32,33)34)30(35,36)37)16-19(2)24(18)41-25(43)21-11-7-12-23(17-21)42(14-8-13-40-27(38)39-3)26(44)20-9-5-4-6-10-20/h4-7,9-12,15-17H,8,13-14H2,1-3H3,(H,41,43)(H3,38,39,40). The van der Waals surface area contributed by atoms with Crippen molar-refractivity contribution >= 4 is 29.1 Å². The summed E-state index contributed by atoms with van der Waals surface area (Å²) in [6.45, 7) is 2.91. The average molecular weight is 626 g/mol. The fourth-order valence-electron chi connectivity index (χ4n) is 4.47. The molecule has 0 aliphatic heterocycles. The minimum Gasteiger partial charge on any atom is -0.370 e. The van der Waals surface area contributed by atoms with Gasteiger partial charge in [0.25, 0.3) is 11.8 Å². The lowest BCUT2D eigenvalue weighted by Crippen LogP contribution is -2.50. The van der Waals surface area contributed by atoms with Crippen LogP contribution in [0.1, 0.15) is 43.8 Å². The van der Waals surface area contributed by atoms with Crippen LogP contribution in [-0.2, 0) is 5.67 Å². The van der Waals surface area contributed by atoms with Crippen molar-refractivity contribution in [1.82, 2.24) is 5.32 Å². The van der Waals surface area contributed by atoms with Crippen LogP contribution >= 0.6 is 0 Å². The first kappa shape index (κ1) is 33.9. The fourth-order valence-corrected chi connectivity index (χ4v) is 4.47. The monoisotopic (exact) mass is 625 g/mol. The van der Waals surface area contributed by atoms with Gasteiger partial charge in [-0.3, -0.25) is 14.6 Å². The van der Waals surface area contributed by atoms with Crippen molar-refractivity contribution in [2.24, 2.45) is 10.7 Å². The third-order valence-corrected chi connectivity index (χ3v) is 6.74. The van der Waals surface area contributed by atoms with Crippen LogP contribution in [0.15, 0.2) is 71.7 Å². The minimum atomic E-state index is -6.27. The summed E-state index contributed by atoms with van der Waals surface area (Å²) in [5.41, 5.74) is -1.35. The van der Waals surface area contributed by atoms with Gasteiger partial charge in [0, 0.05) is 48.2 Å². The second-order valence-electron chi connectivity index (χ2n) is 9.86. The summed E-state index contributed by atoms with van der Waals surface area (Å²) in [4.78, 5) is 31.9. The van der Waals surface area contributed by atoms with E-state index in [2.05, 4.69) is 15.6 Å². The molecule has 14 heteroatoms. The summed E-state index contributed by atoms with van der Waals surface area (Å²) in [5, 5.41) is 5.38. The van der Waals surface area contributed by atoms with Gasteiger partial charge in [0.05, 0.1) is 0 Å². The molecule has 44 heavy (non-hydrogen) atoms. The summed E-state index contributed by atoms with van der Waals surface area (Å²) in [6, 6.07) is 15.2. The molecule has 0 radical (unpaired) electrons. The van der Waals surface area contributed by atoms with Crippen LogP contribution in [0.5, 0.6) is 0 Å². The van der Waals surface area contributed by atoms with Crippen LogP contribution in [-0.4, -0.2) is 50.3 Å². The summed E-state index contributed by atoms with van der Waals surface area (Å²) < 4.78 is 94.4. The molecule has 236 valence electrons. The molecule has 7 nitrogen and oxygen atoms in total. The Balaban J connectivity index is 1.92. The molecule has 3 rings (SSSR count). The number of hydrogen-bond donors (Lipinski definition) is 3. The normalized spacial score (nSPS) is 12.5. The number of nitrogens with zero attached hydrogens (tertiary/aromatic N) is 2. The van der Waals surface area contributed by atoms with Gasteiger partial charge in [-0.2, -0.15) is 26.3 Å². The molecule has 3 aromatic carbocycles. The van der Waals surface area contributed by atoms with Crippen molar-refractivity contribution in [2.75, 3.05) is 30.4 Å². The van der Waals surface area contributed by atoms with Gasteiger partial charge in [-0.25, -0.2) is 4.39 Å². The number of halogens is 7. The molecule has 0 bridgehead atoms. The van der Waals surface area contributed by atoms with Crippen molar-refractivity contribution in [3.05, 3.63) is 94.5 Å². The van der Waals surface area contributed by atoms with Gasteiger partial charge in [0.2, 0.25) is 0 Å². The second-order valence-corrected chi connectivity index (χ2v) is 9.86. The third kappa shape index (κ3) is 7.29. The van der Waals surface area contributed by atoms with Crippen LogP contribution in [0.4, 0.5) is 42.1 Å². The van der Waals surface area contributed by atoms with Crippen molar-refractivity contribution in [3.8, 4) is 0 Å². The van der Waals surface area contributed by atoms with Crippen LogP contribution in [0.25, 0.3) is 0 Å². The van der Waals surface area contributed by atoms with E-state index >= 15 is 0 Å². The number of nitrogens with one attached hydrogen (secondary N) is 2. The number of anilines is 2. The Labute approximate surface area is 249 Å². The molecule has 0 aromatic heterocycles. The first-order chi connectivity index (χ1) is 20.5. The van der Waals surface area contributed by atoms with E-state index in [4.69, 9.17) is 5.73 Å². The number of nitrogens with two attached hydrogens (primary N) is 1. The Hall–Kier alpha value is -4.62. The minimum absolute atomic E-state index is 0.0437. The first-order valence-corrected chi connectivity index (χ1v) is 13.2. The Morgan fingerprint density at radius 3 is 1.95 bits per heavy atom. The number of benzene rings is 3. The molecule has 0 spiro atoms. The van der Waals surface area contributed by atoms with Crippen LogP contribution in [0.3, 0.4) is 0 Å². The number of aryl methyl sites for hydroxylation is 2. The molecule has 0 aliphatic rings. The Morgan fingerprint density at radius 2 is 1.41 bits per heavy atom. The van der Waals surface area contributed by atoms with Gasteiger partial charge in [-0.1, -0.05) is 36.4 Å². The number of amides is 2. The highest BCUT2D eigenvalue weighted by molar-refractivity contribution is 6.08. The SMILES string of the molecule is C/N=C(\N)NCCCN(C(=O)c1ccccc1)c1cccc(C(=O)Nc2c(C)cc(C(F)(C(F)(F)F)C(F)(F)F)cc2C)c1. The molecule has 0 unspecified atom stereocenters. The summed E-state index contributed by atoms with van der Waals surface area (Å²) in [6.07, 6.45) is -12.1. The van der Waals surface area contributed by atoms with Crippen molar-refractivity contribution in [3.63, 3.8) is 0 Å². The molecular weight excluding hydrogens is 595 g/mol. The topological polar surface area (TPSA) is 99.8 Å². The van der Waals surface area contributed by atoms with Crippen molar-refractivity contribution in [2.45, 2.75) is 38.3 Å². The van der Waals surface area contributed by atoms with E-state index in [0.29, 0.717) is 36.3 Å². The Kier molecular flexibility index (Phi) is 10.3. The van der Waals surface area contributed by atoms with Crippen LogP contribution < -0.4 is 21.3 Å². The largest absolute Gasteiger partial charge is 0.435 e. The van der Waals surface area contributed by atoms with E-state index < -0.39 is 29.5 Å². The lowest BCUT2D eigenvalue weighted by Gasteiger charge is -2.31. The highest BCUT2D eigenvalue weighted by Crippen LogP contribution is 2.53. The molecule has 0 aliphatic carbocycles. The molecule has 0 atom stereocenters. The lowest BCUT2D eigenvalue weighted by atomic mass is 9.90. The number of hydrogen-bond acceptors (Lipinski definition) is 3. The zero-order valence-electron chi connectivity index (χ0n) is 23.9. The van der Waals surface area contributed by atoms with Gasteiger partial charge >= 0.3 is 18.0 Å². The molecule has 0 fully saturated rings. The molecule has 4 N–H and O–H groups in total. The van der Waals surface area contributed by atoms with Crippen molar-refractivity contribution in [1.29, 1.82) is 0 Å². The Morgan fingerprint density at radius 1 is 0.841 bits per heavy atom. The highest BCUT2D eigenvalue weighted by atomic mass is 19.4. The van der Waals surface area contributed by atoms with E-state index in [9.17, 15) is 40.3 Å². The number of carbonyl (C=O) groups excluding carboxylic acids is 2. The summed E-state index contributed by atoms with van der Waals surface area (Å²) in [7, 11) is 1.51. The van der Waals surface area contributed by atoms with Crippen molar-refractivity contribution < 1.29 is 40.3 Å². The molecular formula is C30H30F7N5O2. The zero-order chi connectivity index (χ0) is 32.9. The molecule has 3 aromatic rings. The van der Waals surface area contributed by atoms with E-state index in [0.717, 1.165) is 13.8 Å². The van der Waals surface area contributed by atoms with Gasteiger partial charge in [-0.05, 0) is 61.7 Å². The van der Waals surface area contributed by atoms with Gasteiger partial charge in [-0.15, -0.1) is 0 Å². The number of carbonyl (C=O) groups is 2. The van der Waals surface area contributed by atoms with Crippen LogP contribution in [0, 0.1) is 13.8 Å². The smallest absolute Gasteiger partial charge is 0.370 e. The van der Waals surface area contributed by atoms with Gasteiger partial charge in [0.15, 0.2) is 5.96 Å². The average Bonchev–Trinajstić information content (AvgIpc) is 2.97. The number of rotatable bonds is 9. The maximum absolute atomic E-state index is 14.6. The molecule has 2 amide bonds. The summed E-state index contributed by atoms with van der Waals surface area (Å²) >= 11 is 0. The predicted molar refractivity (Wildman–Crippen MR) is 153 cm³/mol. The van der Waals surface area contributed by atoms with Gasteiger partial charge < -0.3 is 21.3 Å². The van der Waals surface area contributed by atoms with E-state index in [1.165, 1.54) is 30.1 Å². The molecule has 0 saturated heterocycles. The number of alkyl halides is 7. The maximum atomic E-state index is 14.6. The Bertz CT molecular complexity index is 1490. The van der Waals surface area contributed by atoms with E-state index in [-0.39, 0.29) is 40.8 Å². The molecule has 0 heterocycles.